The van der Waals surface area contributed by atoms with Crippen LogP contribution in [0.25, 0.3) is 0 Å². The van der Waals surface area contributed by atoms with E-state index in [-0.39, 0.29) is 5.91 Å². The summed E-state index contributed by atoms with van der Waals surface area (Å²) in [5.41, 5.74) is 1.78. The second-order valence-corrected chi connectivity index (χ2v) is 4.75. The number of anilines is 2. The molecule has 0 aliphatic carbocycles. The maximum absolute atomic E-state index is 11.8. The van der Waals surface area contributed by atoms with E-state index in [0.717, 1.165) is 38.4 Å². The van der Waals surface area contributed by atoms with E-state index in [2.05, 4.69) is 15.2 Å². The normalized spacial score (nSPS) is 16.1. The van der Waals surface area contributed by atoms with E-state index < -0.39 is 0 Å². The van der Waals surface area contributed by atoms with Crippen molar-refractivity contribution < 1.29 is 9.53 Å². The molecule has 2 rings (SSSR count). The first-order chi connectivity index (χ1) is 9.70. The minimum atomic E-state index is -0.0986. The fourth-order valence-electron chi connectivity index (χ4n) is 2.08. The third-order valence-electron chi connectivity index (χ3n) is 3.23. The number of nitrogens with one attached hydrogen (secondary N) is 1. The number of carbonyl (C=O) groups is 1. The Morgan fingerprint density at radius 1 is 1.45 bits per heavy atom. The number of nitrogens with zero attached hydrogens (tertiary/aromatic N) is 2. The minimum absolute atomic E-state index is 0.0986. The zero-order valence-corrected chi connectivity index (χ0v) is 12.1. The molecular formula is C15H21N3O2. The highest BCUT2D eigenvalue weighted by Crippen LogP contribution is 2.16. The first kappa shape index (κ1) is 14.5. The molecule has 108 valence electrons. The highest BCUT2D eigenvalue weighted by atomic mass is 16.5. The number of allylic oxidation sites excluding steroid dienone is 1. The average Bonchev–Trinajstić information content (AvgIpc) is 2.49. The molecule has 5 nitrogen and oxygen atoms in total. The fraction of sp³-hybridized carbons (Fsp3) is 0.467. The summed E-state index contributed by atoms with van der Waals surface area (Å²) in [6.45, 7) is 7.07. The van der Waals surface area contributed by atoms with Gasteiger partial charge in [-0.15, -0.1) is 0 Å². The minimum Gasteiger partial charge on any atom is -0.378 e. The van der Waals surface area contributed by atoms with Crippen LogP contribution in [0.1, 0.15) is 20.3 Å². The molecule has 0 aromatic carbocycles. The summed E-state index contributed by atoms with van der Waals surface area (Å²) < 4.78 is 5.32. The molecule has 0 unspecified atom stereocenters. The van der Waals surface area contributed by atoms with Crippen LogP contribution in [0.5, 0.6) is 0 Å². The zero-order chi connectivity index (χ0) is 14.4. The Morgan fingerprint density at radius 2 is 2.20 bits per heavy atom. The maximum atomic E-state index is 11.8. The first-order valence-electron chi connectivity index (χ1n) is 6.97. The average molecular weight is 275 g/mol. The van der Waals surface area contributed by atoms with Crippen molar-refractivity contribution in [2.75, 3.05) is 36.5 Å². The number of carbonyl (C=O) groups excluding carboxylic acids is 1. The second kappa shape index (κ2) is 7.05. The molecule has 0 atom stereocenters. The lowest BCUT2D eigenvalue weighted by molar-refractivity contribution is -0.112. The maximum Gasteiger partial charge on any atom is 0.252 e. The molecule has 1 N–H and O–H groups in total. The molecule has 0 saturated carbocycles. The highest BCUT2D eigenvalue weighted by Gasteiger charge is 2.12. The van der Waals surface area contributed by atoms with Crippen molar-refractivity contribution in [2.45, 2.75) is 20.3 Å². The molecule has 0 radical (unpaired) electrons. The molecule has 1 amide bonds. The van der Waals surface area contributed by atoms with Crippen molar-refractivity contribution in [3.05, 3.63) is 30.0 Å². The van der Waals surface area contributed by atoms with Gasteiger partial charge in [-0.05, 0) is 25.5 Å². The molecule has 1 aliphatic heterocycles. The largest absolute Gasteiger partial charge is 0.378 e. The number of hydrogen-bond donors (Lipinski definition) is 1. The third kappa shape index (κ3) is 3.81. The number of amides is 1. The second-order valence-electron chi connectivity index (χ2n) is 4.75. The SMILES string of the molecule is CCC=C(C)C(=O)Nc1ccc(N2CCOCC2)cn1. The van der Waals surface area contributed by atoms with E-state index in [4.69, 9.17) is 4.74 Å². The van der Waals surface area contributed by atoms with E-state index in [1.54, 1.807) is 13.1 Å². The van der Waals surface area contributed by atoms with Gasteiger partial charge in [-0.25, -0.2) is 4.98 Å². The summed E-state index contributed by atoms with van der Waals surface area (Å²) in [7, 11) is 0. The van der Waals surface area contributed by atoms with Crippen molar-refractivity contribution in [1.29, 1.82) is 0 Å². The van der Waals surface area contributed by atoms with E-state index in [1.165, 1.54) is 0 Å². The van der Waals surface area contributed by atoms with Crippen LogP contribution >= 0.6 is 0 Å². The van der Waals surface area contributed by atoms with Gasteiger partial charge in [0.2, 0.25) is 0 Å². The van der Waals surface area contributed by atoms with Crippen molar-refractivity contribution in [3.8, 4) is 0 Å². The van der Waals surface area contributed by atoms with Gasteiger partial charge < -0.3 is 15.0 Å². The lowest BCUT2D eigenvalue weighted by Crippen LogP contribution is -2.36. The van der Waals surface area contributed by atoms with Gasteiger partial charge in [0, 0.05) is 18.7 Å². The molecule has 1 saturated heterocycles. The Bertz CT molecular complexity index is 476. The van der Waals surface area contributed by atoms with Crippen LogP contribution < -0.4 is 10.2 Å². The van der Waals surface area contributed by atoms with E-state index in [0.29, 0.717) is 11.4 Å². The van der Waals surface area contributed by atoms with Crippen LogP contribution in [-0.2, 0) is 9.53 Å². The van der Waals surface area contributed by atoms with Crippen LogP contribution in [0.4, 0.5) is 11.5 Å². The molecular weight excluding hydrogens is 254 g/mol. The van der Waals surface area contributed by atoms with Crippen LogP contribution in [-0.4, -0.2) is 37.2 Å². The molecule has 20 heavy (non-hydrogen) atoms. The van der Waals surface area contributed by atoms with Gasteiger partial charge in [0.05, 0.1) is 25.1 Å². The lowest BCUT2D eigenvalue weighted by atomic mass is 10.2. The van der Waals surface area contributed by atoms with Crippen LogP contribution in [0.3, 0.4) is 0 Å². The van der Waals surface area contributed by atoms with Gasteiger partial charge in [0.15, 0.2) is 0 Å². The Morgan fingerprint density at radius 3 is 2.80 bits per heavy atom. The summed E-state index contributed by atoms with van der Waals surface area (Å²) in [6, 6.07) is 3.81. The number of aromatic nitrogens is 1. The Hall–Kier alpha value is -1.88. The Kier molecular flexibility index (Phi) is 5.12. The Labute approximate surface area is 119 Å². The van der Waals surface area contributed by atoms with Gasteiger partial charge in [0.1, 0.15) is 5.82 Å². The summed E-state index contributed by atoms with van der Waals surface area (Å²) in [6.07, 6.45) is 4.54. The van der Waals surface area contributed by atoms with Gasteiger partial charge in [-0.1, -0.05) is 13.0 Å². The number of morpholine rings is 1. The quantitative estimate of drug-likeness (QED) is 0.856. The molecule has 1 fully saturated rings. The smallest absolute Gasteiger partial charge is 0.252 e. The number of ether oxygens (including phenoxy) is 1. The van der Waals surface area contributed by atoms with Crippen molar-refractivity contribution >= 4 is 17.4 Å². The number of rotatable bonds is 4. The monoisotopic (exact) mass is 275 g/mol. The topological polar surface area (TPSA) is 54.5 Å². The predicted octanol–water partition coefficient (Wildman–Crippen LogP) is 2.21. The van der Waals surface area contributed by atoms with Crippen LogP contribution in [0.15, 0.2) is 30.0 Å². The molecule has 2 heterocycles. The van der Waals surface area contributed by atoms with Crippen molar-refractivity contribution in [2.24, 2.45) is 0 Å². The highest BCUT2D eigenvalue weighted by molar-refractivity contribution is 6.02. The molecule has 0 spiro atoms. The summed E-state index contributed by atoms with van der Waals surface area (Å²) in [4.78, 5) is 18.4. The molecule has 1 aromatic rings. The fourth-order valence-corrected chi connectivity index (χ4v) is 2.08. The van der Waals surface area contributed by atoms with Gasteiger partial charge in [-0.3, -0.25) is 4.79 Å². The third-order valence-corrected chi connectivity index (χ3v) is 3.23. The van der Waals surface area contributed by atoms with Crippen LogP contribution in [0, 0.1) is 0 Å². The molecule has 1 aromatic heterocycles. The standard InChI is InChI=1S/C15H21N3O2/c1-3-4-12(2)15(19)17-14-6-5-13(11-16-14)18-7-9-20-10-8-18/h4-6,11H,3,7-10H2,1-2H3,(H,16,17,19). The molecule has 1 aliphatic rings. The summed E-state index contributed by atoms with van der Waals surface area (Å²) in [5.74, 6) is 0.481. The van der Waals surface area contributed by atoms with E-state index in [9.17, 15) is 4.79 Å². The van der Waals surface area contributed by atoms with E-state index in [1.807, 2.05) is 25.1 Å². The molecule has 5 heteroatoms. The Balaban J connectivity index is 1.97. The molecule has 0 bridgehead atoms. The number of pyridine rings is 1. The lowest BCUT2D eigenvalue weighted by Gasteiger charge is -2.28. The van der Waals surface area contributed by atoms with E-state index >= 15 is 0 Å². The van der Waals surface area contributed by atoms with Gasteiger partial charge in [-0.2, -0.15) is 0 Å². The van der Waals surface area contributed by atoms with Gasteiger partial charge in [0.25, 0.3) is 5.91 Å². The predicted molar refractivity (Wildman–Crippen MR) is 79.9 cm³/mol. The van der Waals surface area contributed by atoms with Crippen molar-refractivity contribution in [3.63, 3.8) is 0 Å². The summed E-state index contributed by atoms with van der Waals surface area (Å²) in [5, 5.41) is 2.80. The van der Waals surface area contributed by atoms with Gasteiger partial charge >= 0.3 is 0 Å². The first-order valence-corrected chi connectivity index (χ1v) is 6.97. The van der Waals surface area contributed by atoms with Crippen molar-refractivity contribution in [1.82, 2.24) is 4.98 Å². The zero-order valence-electron chi connectivity index (χ0n) is 12.1. The number of hydrogen-bond acceptors (Lipinski definition) is 4. The summed E-state index contributed by atoms with van der Waals surface area (Å²) >= 11 is 0. The van der Waals surface area contributed by atoms with Crippen LogP contribution in [0.2, 0.25) is 0 Å².